The fourth-order valence-corrected chi connectivity index (χ4v) is 3.10. The Labute approximate surface area is 110 Å². The number of nitriles is 1. The van der Waals surface area contributed by atoms with E-state index < -0.39 is 0 Å². The van der Waals surface area contributed by atoms with E-state index in [-0.39, 0.29) is 5.92 Å². The van der Waals surface area contributed by atoms with Crippen LogP contribution in [-0.2, 0) is 6.54 Å². The predicted octanol–water partition coefficient (Wildman–Crippen LogP) is 3.80. The lowest BCUT2D eigenvalue weighted by Crippen LogP contribution is -2.19. The quantitative estimate of drug-likeness (QED) is 0.912. The zero-order valence-electron chi connectivity index (χ0n) is 9.53. The van der Waals surface area contributed by atoms with Crippen LogP contribution in [0.1, 0.15) is 11.8 Å². The highest BCUT2D eigenvalue weighted by atomic mass is 35.5. The highest BCUT2D eigenvalue weighted by Gasteiger charge is 2.09. The first-order valence-corrected chi connectivity index (χ1v) is 6.68. The van der Waals surface area contributed by atoms with E-state index in [4.69, 9.17) is 16.9 Å². The molecule has 1 unspecified atom stereocenters. The number of hydrogen-bond acceptors (Lipinski definition) is 3. The number of rotatable bonds is 4. The second-order valence-electron chi connectivity index (χ2n) is 4.00. The Morgan fingerprint density at radius 1 is 1.47 bits per heavy atom. The monoisotopic (exact) mass is 264 g/mol. The molecule has 0 saturated heterocycles. The van der Waals surface area contributed by atoms with E-state index in [1.807, 2.05) is 25.1 Å². The third kappa shape index (κ3) is 2.78. The number of benzene rings is 1. The summed E-state index contributed by atoms with van der Waals surface area (Å²) in [5.74, 6) is 0.0307. The van der Waals surface area contributed by atoms with Gasteiger partial charge in [0.15, 0.2) is 0 Å². The number of nitrogens with zero attached hydrogens (tertiary/aromatic N) is 1. The SMILES string of the molecule is CC(C#N)CNCc1sc2ccccc2c1Cl. The van der Waals surface area contributed by atoms with Gasteiger partial charge in [-0.05, 0) is 13.0 Å². The Morgan fingerprint density at radius 3 is 2.94 bits per heavy atom. The van der Waals surface area contributed by atoms with Crippen LogP contribution in [0.5, 0.6) is 0 Å². The van der Waals surface area contributed by atoms with E-state index >= 15 is 0 Å². The molecule has 1 aromatic carbocycles. The summed E-state index contributed by atoms with van der Waals surface area (Å²) in [5, 5.41) is 13.9. The number of fused-ring (bicyclic) bond motifs is 1. The van der Waals surface area contributed by atoms with E-state index in [0.717, 1.165) is 21.8 Å². The van der Waals surface area contributed by atoms with E-state index in [1.54, 1.807) is 11.3 Å². The molecule has 2 rings (SSSR count). The minimum Gasteiger partial charge on any atom is -0.311 e. The van der Waals surface area contributed by atoms with Crippen molar-refractivity contribution >= 4 is 33.0 Å². The Bertz CT molecular complexity index is 556. The van der Waals surface area contributed by atoms with Gasteiger partial charge in [-0.15, -0.1) is 11.3 Å². The maximum absolute atomic E-state index is 8.69. The van der Waals surface area contributed by atoms with Crippen molar-refractivity contribution < 1.29 is 0 Å². The lowest BCUT2D eigenvalue weighted by atomic mass is 10.2. The third-order valence-electron chi connectivity index (χ3n) is 2.56. The topological polar surface area (TPSA) is 35.8 Å². The molecule has 1 N–H and O–H groups in total. The minimum absolute atomic E-state index is 0.0307. The molecular formula is C13H13ClN2S. The van der Waals surface area contributed by atoms with Crippen molar-refractivity contribution in [1.82, 2.24) is 5.32 Å². The lowest BCUT2D eigenvalue weighted by molar-refractivity contribution is 0.605. The molecule has 2 aromatic rings. The van der Waals surface area contributed by atoms with Gasteiger partial charge in [0.25, 0.3) is 0 Å². The second-order valence-corrected chi connectivity index (χ2v) is 5.51. The van der Waals surface area contributed by atoms with Crippen LogP contribution in [0.2, 0.25) is 5.02 Å². The molecule has 0 aliphatic rings. The molecule has 0 aliphatic carbocycles. The van der Waals surface area contributed by atoms with Gasteiger partial charge in [-0.3, -0.25) is 0 Å². The summed E-state index contributed by atoms with van der Waals surface area (Å²) >= 11 is 8.02. The standard InChI is InChI=1S/C13H13ClN2S/c1-9(6-15)7-16-8-12-13(14)10-4-2-3-5-11(10)17-12/h2-5,9,16H,7-8H2,1H3. The van der Waals surface area contributed by atoms with Crippen LogP contribution in [-0.4, -0.2) is 6.54 Å². The summed E-state index contributed by atoms with van der Waals surface area (Å²) in [6.45, 7) is 3.32. The number of nitrogens with one attached hydrogen (secondary N) is 1. The van der Waals surface area contributed by atoms with Gasteiger partial charge in [-0.2, -0.15) is 5.26 Å². The van der Waals surface area contributed by atoms with Crippen molar-refractivity contribution in [3.8, 4) is 6.07 Å². The van der Waals surface area contributed by atoms with Crippen molar-refractivity contribution in [2.24, 2.45) is 5.92 Å². The van der Waals surface area contributed by atoms with Crippen molar-refractivity contribution in [3.63, 3.8) is 0 Å². The summed E-state index contributed by atoms with van der Waals surface area (Å²) in [5.41, 5.74) is 0. The van der Waals surface area contributed by atoms with Crippen LogP contribution in [0.3, 0.4) is 0 Å². The molecule has 1 aromatic heterocycles. The van der Waals surface area contributed by atoms with Gasteiger partial charge in [-0.1, -0.05) is 29.8 Å². The number of halogens is 1. The average Bonchev–Trinajstić information content (AvgIpc) is 2.67. The minimum atomic E-state index is 0.0307. The molecule has 0 saturated carbocycles. The first-order chi connectivity index (χ1) is 8.22. The van der Waals surface area contributed by atoms with Gasteiger partial charge in [0.2, 0.25) is 0 Å². The lowest BCUT2D eigenvalue weighted by Gasteiger charge is -2.04. The van der Waals surface area contributed by atoms with Crippen LogP contribution in [0.25, 0.3) is 10.1 Å². The molecule has 4 heteroatoms. The molecular weight excluding hydrogens is 252 g/mol. The van der Waals surface area contributed by atoms with Crippen LogP contribution in [0.15, 0.2) is 24.3 Å². The Hall–Kier alpha value is -1.08. The van der Waals surface area contributed by atoms with Gasteiger partial charge in [0.05, 0.1) is 17.0 Å². The molecule has 88 valence electrons. The van der Waals surface area contributed by atoms with Gasteiger partial charge in [0.1, 0.15) is 0 Å². The third-order valence-corrected chi connectivity index (χ3v) is 4.27. The number of hydrogen-bond donors (Lipinski definition) is 1. The van der Waals surface area contributed by atoms with Gasteiger partial charge >= 0.3 is 0 Å². The first kappa shape index (κ1) is 12.4. The van der Waals surface area contributed by atoms with E-state index in [2.05, 4.69) is 17.5 Å². The zero-order chi connectivity index (χ0) is 12.3. The summed E-state index contributed by atoms with van der Waals surface area (Å²) in [6.07, 6.45) is 0. The summed E-state index contributed by atoms with van der Waals surface area (Å²) < 4.78 is 1.21. The van der Waals surface area contributed by atoms with Crippen LogP contribution >= 0.6 is 22.9 Å². The molecule has 0 aliphatic heterocycles. The van der Waals surface area contributed by atoms with Crippen LogP contribution < -0.4 is 5.32 Å². The highest BCUT2D eigenvalue weighted by molar-refractivity contribution is 7.19. The molecule has 0 spiro atoms. The molecule has 0 bridgehead atoms. The molecule has 17 heavy (non-hydrogen) atoms. The summed E-state index contributed by atoms with van der Waals surface area (Å²) in [6, 6.07) is 10.3. The summed E-state index contributed by atoms with van der Waals surface area (Å²) in [7, 11) is 0. The fraction of sp³-hybridized carbons (Fsp3) is 0.308. The van der Waals surface area contributed by atoms with Crippen molar-refractivity contribution in [3.05, 3.63) is 34.2 Å². The second kappa shape index (κ2) is 5.50. The normalized spacial score (nSPS) is 12.5. The van der Waals surface area contributed by atoms with Crippen LogP contribution in [0, 0.1) is 17.2 Å². The zero-order valence-corrected chi connectivity index (χ0v) is 11.1. The van der Waals surface area contributed by atoms with E-state index in [0.29, 0.717) is 6.54 Å². The van der Waals surface area contributed by atoms with E-state index in [1.165, 1.54) is 4.70 Å². The average molecular weight is 265 g/mol. The largest absolute Gasteiger partial charge is 0.311 e. The van der Waals surface area contributed by atoms with E-state index in [9.17, 15) is 0 Å². The molecule has 0 fully saturated rings. The Morgan fingerprint density at radius 2 is 2.24 bits per heavy atom. The first-order valence-electron chi connectivity index (χ1n) is 5.48. The maximum atomic E-state index is 8.69. The predicted molar refractivity (Wildman–Crippen MR) is 73.3 cm³/mol. The van der Waals surface area contributed by atoms with Crippen LogP contribution in [0.4, 0.5) is 0 Å². The van der Waals surface area contributed by atoms with Crippen molar-refractivity contribution in [2.45, 2.75) is 13.5 Å². The number of thiophene rings is 1. The Balaban J connectivity index is 2.09. The fourth-order valence-electron chi connectivity index (χ4n) is 1.63. The highest BCUT2D eigenvalue weighted by Crippen LogP contribution is 2.34. The molecule has 0 radical (unpaired) electrons. The van der Waals surface area contributed by atoms with Gasteiger partial charge in [-0.25, -0.2) is 0 Å². The van der Waals surface area contributed by atoms with Crippen molar-refractivity contribution in [2.75, 3.05) is 6.54 Å². The molecule has 1 atom stereocenters. The smallest absolute Gasteiger partial charge is 0.0666 e. The summed E-state index contributed by atoms with van der Waals surface area (Å²) in [4.78, 5) is 1.14. The maximum Gasteiger partial charge on any atom is 0.0666 e. The molecule has 0 amide bonds. The van der Waals surface area contributed by atoms with Gasteiger partial charge in [0, 0.05) is 28.1 Å². The van der Waals surface area contributed by atoms with Gasteiger partial charge < -0.3 is 5.32 Å². The molecule has 1 heterocycles. The molecule has 2 nitrogen and oxygen atoms in total. The van der Waals surface area contributed by atoms with Crippen molar-refractivity contribution in [1.29, 1.82) is 5.26 Å². The Kier molecular flexibility index (Phi) is 4.01.